The first-order chi connectivity index (χ1) is 15.3. The van der Waals surface area contributed by atoms with Gasteiger partial charge in [-0.1, -0.05) is 6.92 Å². The van der Waals surface area contributed by atoms with Gasteiger partial charge in [0.05, 0.1) is 23.1 Å². The minimum Gasteiger partial charge on any atom is -0.462 e. The molecular formula is C22H34N4O5S. The molecule has 2 aliphatic rings. The summed E-state index contributed by atoms with van der Waals surface area (Å²) in [6, 6.07) is 5.56. The summed E-state index contributed by atoms with van der Waals surface area (Å²) in [5.74, 6) is -0.355. The first kappa shape index (κ1) is 24.6. The van der Waals surface area contributed by atoms with Crippen molar-refractivity contribution in [2.75, 3.05) is 65.5 Å². The maximum absolute atomic E-state index is 13.0. The van der Waals surface area contributed by atoms with Crippen LogP contribution in [0.15, 0.2) is 29.2 Å². The van der Waals surface area contributed by atoms with E-state index in [1.165, 1.54) is 28.6 Å². The van der Waals surface area contributed by atoms with Crippen molar-refractivity contribution in [1.82, 2.24) is 19.0 Å². The second kappa shape index (κ2) is 10.7. The predicted octanol–water partition coefficient (Wildman–Crippen LogP) is 0.722. The number of amides is 1. The third-order valence-corrected chi connectivity index (χ3v) is 8.23. The van der Waals surface area contributed by atoms with Crippen molar-refractivity contribution < 1.29 is 22.7 Å². The van der Waals surface area contributed by atoms with Crippen molar-refractivity contribution in [2.45, 2.75) is 31.7 Å². The summed E-state index contributed by atoms with van der Waals surface area (Å²) >= 11 is 0. The molecule has 2 heterocycles. The van der Waals surface area contributed by atoms with Gasteiger partial charge in [0.15, 0.2) is 0 Å². The molecule has 32 heavy (non-hydrogen) atoms. The summed E-state index contributed by atoms with van der Waals surface area (Å²) in [4.78, 5) is 31.2. The van der Waals surface area contributed by atoms with E-state index < -0.39 is 16.0 Å². The van der Waals surface area contributed by atoms with Gasteiger partial charge in [0.2, 0.25) is 15.9 Å². The van der Waals surface area contributed by atoms with Gasteiger partial charge >= 0.3 is 5.97 Å². The first-order valence-corrected chi connectivity index (χ1v) is 12.7. The number of carbonyl (C=O) groups is 2. The lowest BCUT2D eigenvalue weighted by Gasteiger charge is -2.40. The molecule has 0 N–H and O–H groups in total. The van der Waals surface area contributed by atoms with Gasteiger partial charge in [-0.2, -0.15) is 4.31 Å². The number of nitrogens with zero attached hydrogens (tertiary/aromatic N) is 4. The monoisotopic (exact) mass is 466 g/mol. The molecule has 3 rings (SSSR count). The van der Waals surface area contributed by atoms with E-state index in [0.29, 0.717) is 31.7 Å². The molecule has 0 saturated carbocycles. The molecule has 1 atom stereocenters. The highest BCUT2D eigenvalue weighted by Gasteiger charge is 2.34. The van der Waals surface area contributed by atoms with Gasteiger partial charge in [0.25, 0.3) is 0 Å². The zero-order valence-corrected chi connectivity index (χ0v) is 20.0. The van der Waals surface area contributed by atoms with Crippen LogP contribution in [0.3, 0.4) is 0 Å². The fourth-order valence-electron chi connectivity index (χ4n) is 4.16. The highest BCUT2D eigenvalue weighted by atomic mass is 32.2. The topological polar surface area (TPSA) is 90.5 Å². The quantitative estimate of drug-likeness (QED) is 0.547. The number of piperazine rings is 2. The Labute approximate surface area is 190 Å². The maximum atomic E-state index is 13.0. The van der Waals surface area contributed by atoms with E-state index in [4.69, 9.17) is 4.74 Å². The van der Waals surface area contributed by atoms with E-state index in [-0.39, 0.29) is 23.5 Å². The summed E-state index contributed by atoms with van der Waals surface area (Å²) in [6.07, 6.45) is 0. The van der Waals surface area contributed by atoms with Crippen molar-refractivity contribution in [2.24, 2.45) is 0 Å². The number of hydrogen-bond acceptors (Lipinski definition) is 7. The molecule has 0 aromatic heterocycles. The Bertz CT molecular complexity index is 889. The van der Waals surface area contributed by atoms with Crippen LogP contribution in [-0.2, 0) is 19.6 Å². The number of sulfonamides is 1. The molecule has 1 aromatic rings. The van der Waals surface area contributed by atoms with Crippen LogP contribution in [-0.4, -0.2) is 111 Å². The smallest absolute Gasteiger partial charge is 0.338 e. The zero-order valence-electron chi connectivity index (χ0n) is 19.2. The predicted molar refractivity (Wildman–Crippen MR) is 121 cm³/mol. The molecule has 0 radical (unpaired) electrons. The molecule has 0 bridgehead atoms. The van der Waals surface area contributed by atoms with Crippen molar-refractivity contribution in [3.05, 3.63) is 29.8 Å². The Morgan fingerprint density at radius 1 is 0.938 bits per heavy atom. The normalized spacial score (nSPS) is 20.2. The molecule has 2 saturated heterocycles. The van der Waals surface area contributed by atoms with Crippen LogP contribution in [0.5, 0.6) is 0 Å². The molecule has 1 aromatic carbocycles. The summed E-state index contributed by atoms with van der Waals surface area (Å²) < 4.78 is 32.4. The van der Waals surface area contributed by atoms with Gasteiger partial charge in [-0.25, -0.2) is 13.2 Å². The van der Waals surface area contributed by atoms with E-state index in [0.717, 1.165) is 32.7 Å². The van der Waals surface area contributed by atoms with Gasteiger partial charge in [-0.05, 0) is 44.7 Å². The van der Waals surface area contributed by atoms with E-state index in [1.54, 1.807) is 6.92 Å². The van der Waals surface area contributed by atoms with Crippen molar-refractivity contribution in [3.8, 4) is 0 Å². The van der Waals surface area contributed by atoms with E-state index in [9.17, 15) is 18.0 Å². The Hall–Kier alpha value is -2.01. The van der Waals surface area contributed by atoms with Gasteiger partial charge in [-0.15, -0.1) is 0 Å². The average molecular weight is 467 g/mol. The zero-order chi connectivity index (χ0) is 23.3. The molecule has 2 aliphatic heterocycles. The number of esters is 1. The van der Waals surface area contributed by atoms with Gasteiger partial charge < -0.3 is 14.5 Å². The van der Waals surface area contributed by atoms with Crippen molar-refractivity contribution in [3.63, 3.8) is 0 Å². The summed E-state index contributed by atoms with van der Waals surface area (Å²) in [5, 5.41) is 0. The molecule has 10 heteroatoms. The summed E-state index contributed by atoms with van der Waals surface area (Å²) in [5.41, 5.74) is 0.322. The van der Waals surface area contributed by atoms with Crippen molar-refractivity contribution >= 4 is 21.9 Å². The minimum atomic E-state index is -3.66. The molecular weight excluding hydrogens is 432 g/mol. The highest BCUT2D eigenvalue weighted by Crippen LogP contribution is 2.20. The molecule has 0 spiro atoms. The number of rotatable bonds is 7. The highest BCUT2D eigenvalue weighted by molar-refractivity contribution is 7.89. The number of hydrogen-bond donors (Lipinski definition) is 0. The van der Waals surface area contributed by atoms with Crippen LogP contribution in [0.4, 0.5) is 0 Å². The van der Waals surface area contributed by atoms with Gasteiger partial charge in [0, 0.05) is 52.4 Å². The molecule has 9 nitrogen and oxygen atoms in total. The second-order valence-corrected chi connectivity index (χ2v) is 10.1. The number of carbonyl (C=O) groups excluding carboxylic acids is 2. The van der Waals surface area contributed by atoms with Crippen molar-refractivity contribution in [1.29, 1.82) is 0 Å². The fraction of sp³-hybridized carbons (Fsp3) is 0.636. The summed E-state index contributed by atoms with van der Waals surface area (Å²) in [6.45, 7) is 12.0. The van der Waals surface area contributed by atoms with Crippen LogP contribution < -0.4 is 0 Å². The van der Waals surface area contributed by atoms with E-state index in [1.807, 2.05) is 11.8 Å². The van der Waals surface area contributed by atoms with Crippen LogP contribution in [0.2, 0.25) is 0 Å². The largest absolute Gasteiger partial charge is 0.462 e. The molecule has 1 amide bonds. The SMILES string of the molecule is CCOC(=O)c1ccc(S(=O)(=O)N2CCN([C@@H](C)C(=O)N3CCN(CC)CC3)CC2)cc1. The lowest BCUT2D eigenvalue weighted by atomic mass is 10.2. The Morgan fingerprint density at radius 3 is 2.06 bits per heavy atom. The number of likely N-dealkylation sites (N-methyl/N-ethyl adjacent to an activating group) is 1. The number of ether oxygens (including phenoxy) is 1. The summed E-state index contributed by atoms with van der Waals surface area (Å²) in [7, 11) is -3.66. The standard InChI is InChI=1S/C22H34N4O5S/c1-4-23-10-12-25(13-11-23)21(27)18(3)24-14-16-26(17-15-24)32(29,30)20-8-6-19(7-9-20)22(28)31-5-2/h6-9,18H,4-5,10-17H2,1-3H3/t18-/m0/s1. The Kier molecular flexibility index (Phi) is 8.26. The minimum absolute atomic E-state index is 0.117. The third kappa shape index (κ3) is 5.48. The Balaban J connectivity index is 1.56. The van der Waals surface area contributed by atoms with Crippen LogP contribution in [0.25, 0.3) is 0 Å². The average Bonchev–Trinajstić information content (AvgIpc) is 2.83. The molecule has 0 aliphatic carbocycles. The van der Waals surface area contributed by atoms with Crippen LogP contribution in [0, 0.1) is 0 Å². The Morgan fingerprint density at radius 2 is 1.53 bits per heavy atom. The third-order valence-electron chi connectivity index (χ3n) is 6.31. The lowest BCUT2D eigenvalue weighted by molar-refractivity contribution is -0.138. The number of benzene rings is 1. The van der Waals surface area contributed by atoms with Crippen LogP contribution >= 0.6 is 0 Å². The van der Waals surface area contributed by atoms with Crippen LogP contribution in [0.1, 0.15) is 31.1 Å². The van der Waals surface area contributed by atoms with Gasteiger partial charge in [0.1, 0.15) is 0 Å². The lowest BCUT2D eigenvalue weighted by Crippen LogP contribution is -2.57. The molecule has 178 valence electrons. The van der Waals surface area contributed by atoms with E-state index >= 15 is 0 Å². The molecule has 0 unspecified atom stereocenters. The van der Waals surface area contributed by atoms with E-state index in [2.05, 4.69) is 16.7 Å². The fourth-order valence-corrected chi connectivity index (χ4v) is 5.58. The first-order valence-electron chi connectivity index (χ1n) is 11.3. The second-order valence-electron chi connectivity index (χ2n) is 8.12. The maximum Gasteiger partial charge on any atom is 0.338 e. The molecule has 2 fully saturated rings. The van der Waals surface area contributed by atoms with Gasteiger partial charge in [-0.3, -0.25) is 9.69 Å².